The summed E-state index contributed by atoms with van der Waals surface area (Å²) in [6.07, 6.45) is 1.96. The molecule has 136 valence electrons. The molecule has 0 aliphatic rings. The molecule has 0 fully saturated rings. The van der Waals surface area contributed by atoms with Crippen molar-refractivity contribution in [3.8, 4) is 11.5 Å². The Morgan fingerprint density at radius 3 is 1.74 bits per heavy atom. The maximum Gasteiger partial charge on any atom is 0.166 e. The summed E-state index contributed by atoms with van der Waals surface area (Å²) in [4.78, 5) is 3.33. The molecule has 4 aromatic rings. The molecule has 1 heterocycles. The Morgan fingerprint density at radius 2 is 1.19 bits per heavy atom. The van der Waals surface area contributed by atoms with E-state index >= 15 is 0 Å². The van der Waals surface area contributed by atoms with Crippen LogP contribution in [0.25, 0.3) is 10.9 Å². The molecule has 0 aliphatic heterocycles. The van der Waals surface area contributed by atoms with Crippen LogP contribution in [0.15, 0.2) is 72.9 Å². The van der Waals surface area contributed by atoms with Crippen molar-refractivity contribution >= 4 is 10.9 Å². The first kappa shape index (κ1) is 17.2. The summed E-state index contributed by atoms with van der Waals surface area (Å²) in [5.74, 6) is 1.63. The number of H-pyrrole nitrogens is 1. The summed E-state index contributed by atoms with van der Waals surface area (Å²) in [6.45, 7) is 5.19. The van der Waals surface area contributed by atoms with E-state index in [9.17, 15) is 0 Å². The molecule has 1 aromatic heterocycles. The smallest absolute Gasteiger partial charge is 0.166 e. The number of hydrogen-bond acceptors (Lipinski definition) is 2. The van der Waals surface area contributed by atoms with Crippen molar-refractivity contribution in [2.75, 3.05) is 0 Å². The van der Waals surface area contributed by atoms with Gasteiger partial charge in [0.2, 0.25) is 0 Å². The fraction of sp³-hybridized carbons (Fsp3) is 0.167. The van der Waals surface area contributed by atoms with Gasteiger partial charge in [0.05, 0.1) is 5.52 Å². The number of aromatic nitrogens is 1. The number of aromatic amines is 1. The second kappa shape index (κ2) is 7.58. The normalized spacial score (nSPS) is 10.9. The van der Waals surface area contributed by atoms with E-state index in [1.54, 1.807) is 0 Å². The fourth-order valence-electron chi connectivity index (χ4n) is 3.38. The van der Waals surface area contributed by atoms with E-state index in [-0.39, 0.29) is 0 Å². The van der Waals surface area contributed by atoms with Gasteiger partial charge in [-0.15, -0.1) is 0 Å². The highest BCUT2D eigenvalue weighted by atomic mass is 16.5. The van der Waals surface area contributed by atoms with Crippen molar-refractivity contribution in [1.82, 2.24) is 4.98 Å². The lowest BCUT2D eigenvalue weighted by molar-refractivity contribution is 0.254. The summed E-state index contributed by atoms with van der Waals surface area (Å²) in [7, 11) is 0. The average molecular weight is 357 g/mol. The Kier molecular flexibility index (Phi) is 4.84. The minimum Gasteiger partial charge on any atom is -0.485 e. The van der Waals surface area contributed by atoms with Gasteiger partial charge >= 0.3 is 0 Å². The number of hydrogen-bond donors (Lipinski definition) is 1. The third-order valence-electron chi connectivity index (χ3n) is 4.87. The number of aryl methyl sites for hydroxylation is 2. The van der Waals surface area contributed by atoms with Gasteiger partial charge in [-0.25, -0.2) is 0 Å². The first-order valence-electron chi connectivity index (χ1n) is 9.17. The van der Waals surface area contributed by atoms with Gasteiger partial charge in [0.1, 0.15) is 13.2 Å². The van der Waals surface area contributed by atoms with Crippen LogP contribution in [0.4, 0.5) is 0 Å². The predicted molar refractivity (Wildman–Crippen MR) is 109 cm³/mol. The van der Waals surface area contributed by atoms with E-state index in [4.69, 9.17) is 9.47 Å². The molecular weight excluding hydrogens is 334 g/mol. The molecule has 0 bridgehead atoms. The summed E-state index contributed by atoms with van der Waals surface area (Å²) in [5.41, 5.74) is 5.53. The third-order valence-corrected chi connectivity index (χ3v) is 4.87. The van der Waals surface area contributed by atoms with Crippen LogP contribution < -0.4 is 9.47 Å². The Bertz CT molecular complexity index is 953. The van der Waals surface area contributed by atoms with Crippen molar-refractivity contribution in [1.29, 1.82) is 0 Å². The van der Waals surface area contributed by atoms with Crippen molar-refractivity contribution in [2.45, 2.75) is 27.1 Å². The number of ether oxygens (including phenoxy) is 2. The predicted octanol–water partition coefficient (Wildman–Crippen LogP) is 5.94. The molecule has 3 heteroatoms. The quantitative estimate of drug-likeness (QED) is 0.463. The molecule has 27 heavy (non-hydrogen) atoms. The zero-order chi connectivity index (χ0) is 18.6. The molecule has 0 aliphatic carbocycles. The molecule has 1 N–H and O–H groups in total. The topological polar surface area (TPSA) is 34.2 Å². The van der Waals surface area contributed by atoms with E-state index in [1.165, 1.54) is 5.39 Å². The fourth-order valence-corrected chi connectivity index (χ4v) is 3.38. The molecular formula is C24H23NO2. The van der Waals surface area contributed by atoms with Crippen molar-refractivity contribution < 1.29 is 9.47 Å². The van der Waals surface area contributed by atoms with E-state index in [0.29, 0.717) is 13.2 Å². The van der Waals surface area contributed by atoms with Crippen LogP contribution in [0, 0.1) is 13.8 Å². The molecule has 3 nitrogen and oxygen atoms in total. The van der Waals surface area contributed by atoms with Gasteiger partial charge in [0.15, 0.2) is 11.5 Å². The van der Waals surface area contributed by atoms with Crippen molar-refractivity contribution in [3.63, 3.8) is 0 Å². The highest BCUT2D eigenvalue weighted by molar-refractivity contribution is 5.90. The minimum atomic E-state index is 0.509. The Hall–Kier alpha value is -3.20. The monoisotopic (exact) mass is 357 g/mol. The highest BCUT2D eigenvalue weighted by Crippen LogP contribution is 2.41. The maximum absolute atomic E-state index is 6.26. The molecule has 0 atom stereocenters. The number of nitrogens with one attached hydrogen (secondary N) is 1. The Balaban J connectivity index is 1.69. The molecule has 0 amide bonds. The van der Waals surface area contributed by atoms with Gasteiger partial charge in [-0.3, -0.25) is 0 Å². The second-order valence-electron chi connectivity index (χ2n) is 6.72. The molecule has 4 rings (SSSR count). The number of rotatable bonds is 6. The van der Waals surface area contributed by atoms with E-state index < -0.39 is 0 Å². The van der Waals surface area contributed by atoms with Crippen LogP contribution in [0.3, 0.4) is 0 Å². The van der Waals surface area contributed by atoms with Gasteiger partial charge < -0.3 is 14.5 Å². The van der Waals surface area contributed by atoms with E-state index in [0.717, 1.165) is 39.3 Å². The molecule has 0 radical (unpaired) electrons. The lowest BCUT2D eigenvalue weighted by Gasteiger charge is -2.19. The first-order chi connectivity index (χ1) is 13.2. The average Bonchev–Trinajstić information content (AvgIpc) is 3.21. The number of benzene rings is 3. The van der Waals surface area contributed by atoms with Gasteiger partial charge in [-0.2, -0.15) is 0 Å². The lowest BCUT2D eigenvalue weighted by Crippen LogP contribution is -2.04. The summed E-state index contributed by atoms with van der Waals surface area (Å²) in [5, 5.41) is 1.17. The van der Waals surface area contributed by atoms with Crippen molar-refractivity contribution in [3.05, 3.63) is 95.2 Å². The summed E-state index contributed by atoms with van der Waals surface area (Å²) in [6, 6.07) is 22.5. The van der Waals surface area contributed by atoms with Gasteiger partial charge in [-0.1, -0.05) is 60.7 Å². The van der Waals surface area contributed by atoms with Crippen LogP contribution in [0.1, 0.15) is 22.3 Å². The summed E-state index contributed by atoms with van der Waals surface area (Å²) >= 11 is 0. The van der Waals surface area contributed by atoms with Gasteiger partial charge in [0, 0.05) is 22.7 Å². The molecule has 0 unspecified atom stereocenters. The zero-order valence-corrected chi connectivity index (χ0v) is 15.7. The second-order valence-corrected chi connectivity index (χ2v) is 6.72. The van der Waals surface area contributed by atoms with Crippen LogP contribution in [-0.2, 0) is 13.2 Å². The summed E-state index contributed by atoms with van der Waals surface area (Å²) < 4.78 is 12.5. The van der Waals surface area contributed by atoms with E-state index in [1.807, 2.05) is 42.6 Å². The zero-order valence-electron chi connectivity index (χ0n) is 15.7. The molecule has 0 saturated heterocycles. The largest absolute Gasteiger partial charge is 0.485 e. The van der Waals surface area contributed by atoms with Crippen molar-refractivity contribution in [2.24, 2.45) is 0 Å². The third kappa shape index (κ3) is 3.54. The van der Waals surface area contributed by atoms with Crippen LogP contribution >= 0.6 is 0 Å². The molecule has 0 spiro atoms. The number of fused-ring (bicyclic) bond motifs is 1. The SMILES string of the molecule is Cc1c(OCc2ccccc2)c(OCc2ccccc2)c(C)c2[nH]ccc12. The van der Waals surface area contributed by atoms with Crippen LogP contribution in [0.2, 0.25) is 0 Å². The standard InChI is InChI=1S/C24H23NO2/c1-17-21-13-14-25-22(21)18(2)24(27-16-20-11-7-4-8-12-20)23(17)26-15-19-9-5-3-6-10-19/h3-14,25H,15-16H2,1-2H3. The van der Waals surface area contributed by atoms with Crippen LogP contribution in [0.5, 0.6) is 11.5 Å². The molecule has 0 saturated carbocycles. The highest BCUT2D eigenvalue weighted by Gasteiger charge is 2.18. The Labute approximate surface area is 159 Å². The lowest BCUT2D eigenvalue weighted by atomic mass is 10.0. The van der Waals surface area contributed by atoms with Gasteiger partial charge in [0.25, 0.3) is 0 Å². The minimum absolute atomic E-state index is 0.509. The van der Waals surface area contributed by atoms with E-state index in [2.05, 4.69) is 49.2 Å². The molecule has 3 aromatic carbocycles. The first-order valence-corrected chi connectivity index (χ1v) is 9.17. The van der Waals surface area contributed by atoms with Gasteiger partial charge in [-0.05, 0) is 31.0 Å². The Morgan fingerprint density at radius 1 is 0.667 bits per heavy atom. The van der Waals surface area contributed by atoms with Crippen LogP contribution in [-0.4, -0.2) is 4.98 Å². The maximum atomic E-state index is 6.26.